The van der Waals surface area contributed by atoms with Gasteiger partial charge in [-0.15, -0.1) is 0 Å². The largest absolute Gasteiger partial charge is 0.497 e. The Hall–Kier alpha value is -2.82. The Morgan fingerprint density at radius 2 is 1.58 bits per heavy atom. The molecule has 0 aromatic heterocycles. The van der Waals surface area contributed by atoms with Crippen molar-refractivity contribution in [1.82, 2.24) is 10.2 Å². The SMILES string of the molecule is CCCNC(=O)C(C)N(Cc1ccc(OC)cc1)C(=O)CCc1ccc(C(C)C)cc1. The molecule has 2 amide bonds. The fourth-order valence-electron chi connectivity index (χ4n) is 3.37. The molecule has 0 fully saturated rings. The summed E-state index contributed by atoms with van der Waals surface area (Å²) in [6.45, 7) is 9.13. The van der Waals surface area contributed by atoms with Gasteiger partial charge >= 0.3 is 0 Å². The van der Waals surface area contributed by atoms with Crippen LogP contribution in [0.4, 0.5) is 0 Å². The minimum atomic E-state index is -0.538. The maximum absolute atomic E-state index is 13.2. The summed E-state index contributed by atoms with van der Waals surface area (Å²) in [5.41, 5.74) is 3.38. The van der Waals surface area contributed by atoms with Crippen LogP contribution < -0.4 is 10.1 Å². The van der Waals surface area contributed by atoms with Gasteiger partial charge in [-0.3, -0.25) is 9.59 Å². The molecule has 0 bridgehead atoms. The van der Waals surface area contributed by atoms with Crippen LogP contribution in [0, 0.1) is 0 Å². The van der Waals surface area contributed by atoms with Gasteiger partial charge in [0.1, 0.15) is 11.8 Å². The second-order valence-electron chi connectivity index (χ2n) is 8.23. The second-order valence-corrected chi connectivity index (χ2v) is 8.23. The van der Waals surface area contributed by atoms with Gasteiger partial charge in [0.05, 0.1) is 7.11 Å². The number of hydrogen-bond acceptors (Lipinski definition) is 3. The predicted octanol–water partition coefficient (Wildman–Crippen LogP) is 4.69. The number of aryl methyl sites for hydroxylation is 1. The van der Waals surface area contributed by atoms with Crippen LogP contribution in [0.2, 0.25) is 0 Å². The molecule has 1 atom stereocenters. The Morgan fingerprint density at radius 1 is 0.968 bits per heavy atom. The van der Waals surface area contributed by atoms with Crippen LogP contribution in [-0.2, 0) is 22.6 Å². The lowest BCUT2D eigenvalue weighted by Crippen LogP contribution is -2.47. The number of ether oxygens (including phenoxy) is 1. The van der Waals surface area contributed by atoms with Gasteiger partial charge in [-0.05, 0) is 54.5 Å². The molecule has 31 heavy (non-hydrogen) atoms. The topological polar surface area (TPSA) is 58.6 Å². The summed E-state index contributed by atoms with van der Waals surface area (Å²) >= 11 is 0. The van der Waals surface area contributed by atoms with Gasteiger partial charge in [0.25, 0.3) is 0 Å². The van der Waals surface area contributed by atoms with Crippen molar-refractivity contribution in [3.8, 4) is 5.75 Å². The lowest BCUT2D eigenvalue weighted by molar-refractivity contribution is -0.140. The van der Waals surface area contributed by atoms with E-state index in [2.05, 4.69) is 43.4 Å². The smallest absolute Gasteiger partial charge is 0.242 e. The third-order valence-electron chi connectivity index (χ3n) is 5.50. The van der Waals surface area contributed by atoms with Gasteiger partial charge in [0, 0.05) is 19.5 Å². The molecule has 2 aromatic carbocycles. The van der Waals surface area contributed by atoms with Crippen LogP contribution in [0.1, 0.15) is 63.1 Å². The number of hydrogen-bond donors (Lipinski definition) is 1. The first-order chi connectivity index (χ1) is 14.8. The standard InChI is InChI=1S/C26H36N2O3/c1-6-17-27-26(30)20(4)28(18-22-9-14-24(31-5)15-10-22)25(29)16-11-21-7-12-23(13-8-21)19(2)3/h7-10,12-15,19-20H,6,11,16-18H2,1-5H3,(H,27,30). The molecule has 0 aliphatic heterocycles. The third kappa shape index (κ3) is 7.42. The number of benzene rings is 2. The highest BCUT2D eigenvalue weighted by atomic mass is 16.5. The van der Waals surface area contributed by atoms with E-state index in [-0.39, 0.29) is 11.8 Å². The van der Waals surface area contributed by atoms with Gasteiger partial charge in [-0.25, -0.2) is 0 Å². The van der Waals surface area contributed by atoms with Gasteiger partial charge < -0.3 is 15.0 Å². The van der Waals surface area contributed by atoms with E-state index < -0.39 is 6.04 Å². The molecule has 2 rings (SSSR count). The van der Waals surface area contributed by atoms with Gasteiger partial charge in [0.15, 0.2) is 0 Å². The molecule has 0 aliphatic carbocycles. The molecule has 0 heterocycles. The molecule has 0 spiro atoms. The molecule has 0 aliphatic rings. The molecule has 2 aromatic rings. The fourth-order valence-corrected chi connectivity index (χ4v) is 3.37. The number of nitrogens with zero attached hydrogens (tertiary/aromatic N) is 1. The zero-order chi connectivity index (χ0) is 22.8. The summed E-state index contributed by atoms with van der Waals surface area (Å²) in [7, 11) is 1.62. The van der Waals surface area contributed by atoms with Crippen molar-refractivity contribution in [2.24, 2.45) is 0 Å². The Labute approximate surface area is 186 Å². The average molecular weight is 425 g/mol. The summed E-state index contributed by atoms with van der Waals surface area (Å²) < 4.78 is 5.22. The van der Waals surface area contributed by atoms with Crippen molar-refractivity contribution < 1.29 is 14.3 Å². The Morgan fingerprint density at radius 3 is 2.13 bits per heavy atom. The van der Waals surface area contributed by atoms with Crippen LogP contribution in [0.25, 0.3) is 0 Å². The normalized spacial score (nSPS) is 11.8. The quantitative estimate of drug-likeness (QED) is 0.569. The van der Waals surface area contributed by atoms with E-state index in [1.807, 2.05) is 31.2 Å². The lowest BCUT2D eigenvalue weighted by atomic mass is 10.00. The van der Waals surface area contributed by atoms with E-state index in [0.717, 1.165) is 23.3 Å². The van der Waals surface area contributed by atoms with E-state index in [9.17, 15) is 9.59 Å². The van der Waals surface area contributed by atoms with Crippen LogP contribution in [0.5, 0.6) is 5.75 Å². The molecule has 0 radical (unpaired) electrons. The highest BCUT2D eigenvalue weighted by Crippen LogP contribution is 2.18. The van der Waals surface area contributed by atoms with Crippen LogP contribution in [0.3, 0.4) is 0 Å². The Balaban J connectivity index is 2.11. The van der Waals surface area contributed by atoms with Crippen LogP contribution in [-0.4, -0.2) is 36.4 Å². The Bertz CT molecular complexity index is 829. The number of rotatable bonds is 11. The molecule has 168 valence electrons. The van der Waals surface area contributed by atoms with Crippen molar-refractivity contribution >= 4 is 11.8 Å². The number of methoxy groups -OCH3 is 1. The van der Waals surface area contributed by atoms with E-state index in [1.54, 1.807) is 18.9 Å². The molecule has 1 N–H and O–H groups in total. The molecule has 5 nitrogen and oxygen atoms in total. The number of carbonyl (C=O) groups is 2. The van der Waals surface area contributed by atoms with Crippen molar-refractivity contribution in [1.29, 1.82) is 0 Å². The maximum atomic E-state index is 13.2. The Kier molecular flexibility index (Phi) is 9.57. The van der Waals surface area contributed by atoms with Gasteiger partial charge in [-0.1, -0.05) is 57.2 Å². The molecule has 1 unspecified atom stereocenters. The van der Waals surface area contributed by atoms with Crippen molar-refractivity contribution in [2.45, 2.75) is 65.5 Å². The van der Waals surface area contributed by atoms with E-state index >= 15 is 0 Å². The minimum Gasteiger partial charge on any atom is -0.497 e. The third-order valence-corrected chi connectivity index (χ3v) is 5.50. The molecular formula is C26H36N2O3. The van der Waals surface area contributed by atoms with Gasteiger partial charge in [-0.2, -0.15) is 0 Å². The number of nitrogens with one attached hydrogen (secondary N) is 1. The number of carbonyl (C=O) groups excluding carboxylic acids is 2. The molecular weight excluding hydrogens is 388 g/mol. The first-order valence-corrected chi connectivity index (χ1v) is 11.1. The highest BCUT2D eigenvalue weighted by Gasteiger charge is 2.25. The lowest BCUT2D eigenvalue weighted by Gasteiger charge is -2.29. The summed E-state index contributed by atoms with van der Waals surface area (Å²) in [6.07, 6.45) is 1.87. The van der Waals surface area contributed by atoms with Crippen molar-refractivity contribution in [2.75, 3.05) is 13.7 Å². The summed E-state index contributed by atoms with van der Waals surface area (Å²) in [6, 6.07) is 15.5. The number of amides is 2. The van der Waals surface area contributed by atoms with E-state index in [4.69, 9.17) is 4.74 Å². The van der Waals surface area contributed by atoms with Gasteiger partial charge in [0.2, 0.25) is 11.8 Å². The predicted molar refractivity (Wildman–Crippen MR) is 125 cm³/mol. The van der Waals surface area contributed by atoms with E-state index in [1.165, 1.54) is 5.56 Å². The second kappa shape index (κ2) is 12.1. The van der Waals surface area contributed by atoms with E-state index in [0.29, 0.717) is 31.8 Å². The zero-order valence-corrected chi connectivity index (χ0v) is 19.5. The summed E-state index contributed by atoms with van der Waals surface area (Å²) in [5, 5.41) is 2.91. The molecule has 0 saturated heterocycles. The van der Waals surface area contributed by atoms with Crippen LogP contribution >= 0.6 is 0 Å². The zero-order valence-electron chi connectivity index (χ0n) is 19.5. The fraction of sp³-hybridized carbons (Fsp3) is 0.462. The first-order valence-electron chi connectivity index (χ1n) is 11.1. The van der Waals surface area contributed by atoms with Crippen LogP contribution in [0.15, 0.2) is 48.5 Å². The van der Waals surface area contributed by atoms with Crippen molar-refractivity contribution in [3.05, 3.63) is 65.2 Å². The highest BCUT2D eigenvalue weighted by molar-refractivity contribution is 5.87. The average Bonchev–Trinajstić information content (AvgIpc) is 2.79. The molecule has 5 heteroatoms. The summed E-state index contributed by atoms with van der Waals surface area (Å²) in [4.78, 5) is 27.4. The minimum absolute atomic E-state index is 0.0251. The van der Waals surface area contributed by atoms with Crippen molar-refractivity contribution in [3.63, 3.8) is 0 Å². The monoisotopic (exact) mass is 424 g/mol. The maximum Gasteiger partial charge on any atom is 0.242 e. The summed E-state index contributed by atoms with van der Waals surface area (Å²) in [5.74, 6) is 1.10. The molecule has 0 saturated carbocycles. The first kappa shape index (κ1) is 24.4.